The number of β-amino-alcohol motifs (C(OH)–C–C–N with tert-alkyl or cyclic N) is 2. The highest BCUT2D eigenvalue weighted by Crippen LogP contribution is 2.38. The minimum absolute atomic E-state index is 0.00145. The number of aliphatic hydroxyl groups is 2. The first kappa shape index (κ1) is 22.2. The second kappa shape index (κ2) is 9.65. The van der Waals surface area contributed by atoms with E-state index < -0.39 is 11.2 Å². The second-order valence-corrected chi connectivity index (χ2v) is 9.14. The van der Waals surface area contributed by atoms with Gasteiger partial charge in [0.25, 0.3) is 0 Å². The Morgan fingerprint density at radius 3 is 2.55 bits per heavy atom. The average Bonchev–Trinajstić information content (AvgIpc) is 2.94. The lowest BCUT2D eigenvalue weighted by Crippen LogP contribution is -2.53. The predicted octanol–water partition coefficient (Wildman–Crippen LogP) is 3.36. The lowest BCUT2D eigenvalue weighted by atomic mass is 9.76. The van der Waals surface area contributed by atoms with Gasteiger partial charge in [-0.25, -0.2) is 4.39 Å². The Morgan fingerprint density at radius 2 is 1.81 bits per heavy atom. The lowest BCUT2D eigenvalue weighted by Gasteiger charge is -2.40. The fourth-order valence-electron chi connectivity index (χ4n) is 4.78. The van der Waals surface area contributed by atoms with Crippen molar-refractivity contribution in [3.05, 3.63) is 66.0 Å². The van der Waals surface area contributed by atoms with Gasteiger partial charge in [-0.05, 0) is 49.3 Å². The third-order valence-corrected chi connectivity index (χ3v) is 6.45. The van der Waals surface area contributed by atoms with Crippen LogP contribution >= 0.6 is 0 Å². The second-order valence-electron chi connectivity index (χ2n) is 9.14. The molecule has 0 spiro atoms. The van der Waals surface area contributed by atoms with Crippen LogP contribution in [0.25, 0.3) is 0 Å². The SMILES string of the molecule is OC1(CN2CCOC[C@](O)(COc3cccc(F)c3)C2)CCC(c2ccccc2)CC1. The fraction of sp³-hybridized carbons (Fsp3) is 0.520. The van der Waals surface area contributed by atoms with Crippen LogP contribution in [0.5, 0.6) is 5.75 Å². The average molecular weight is 430 g/mol. The first-order valence-electron chi connectivity index (χ1n) is 11.1. The monoisotopic (exact) mass is 429 g/mol. The molecule has 1 aliphatic heterocycles. The van der Waals surface area contributed by atoms with Gasteiger partial charge in [0.05, 0.1) is 18.8 Å². The number of hydrogen-bond acceptors (Lipinski definition) is 5. The highest BCUT2D eigenvalue weighted by atomic mass is 19.1. The van der Waals surface area contributed by atoms with Crippen molar-refractivity contribution in [2.24, 2.45) is 0 Å². The van der Waals surface area contributed by atoms with E-state index in [0.29, 0.717) is 37.9 Å². The molecule has 4 rings (SSSR count). The van der Waals surface area contributed by atoms with Crippen LogP contribution in [0.3, 0.4) is 0 Å². The van der Waals surface area contributed by atoms with Gasteiger partial charge in [0.2, 0.25) is 0 Å². The van der Waals surface area contributed by atoms with Crippen molar-refractivity contribution in [2.45, 2.75) is 42.8 Å². The van der Waals surface area contributed by atoms with E-state index in [2.05, 4.69) is 29.2 Å². The first-order valence-corrected chi connectivity index (χ1v) is 11.1. The molecule has 2 N–H and O–H groups in total. The minimum atomic E-state index is -1.22. The smallest absolute Gasteiger partial charge is 0.134 e. The fourth-order valence-corrected chi connectivity index (χ4v) is 4.78. The molecule has 1 saturated carbocycles. The van der Waals surface area contributed by atoms with Crippen LogP contribution in [-0.4, -0.2) is 65.8 Å². The molecule has 2 aromatic carbocycles. The van der Waals surface area contributed by atoms with Crippen LogP contribution < -0.4 is 4.74 Å². The van der Waals surface area contributed by atoms with E-state index in [1.807, 2.05) is 6.07 Å². The number of benzene rings is 2. The molecule has 0 amide bonds. The molecule has 2 aliphatic rings. The van der Waals surface area contributed by atoms with E-state index in [4.69, 9.17) is 9.47 Å². The van der Waals surface area contributed by atoms with Gasteiger partial charge in [0.1, 0.15) is 23.8 Å². The highest BCUT2D eigenvalue weighted by Gasteiger charge is 2.39. The summed E-state index contributed by atoms with van der Waals surface area (Å²) in [6.07, 6.45) is 3.39. The first-order chi connectivity index (χ1) is 14.9. The van der Waals surface area contributed by atoms with Gasteiger partial charge in [-0.2, -0.15) is 0 Å². The van der Waals surface area contributed by atoms with Crippen molar-refractivity contribution < 1.29 is 24.1 Å². The zero-order valence-corrected chi connectivity index (χ0v) is 17.9. The molecular weight excluding hydrogens is 397 g/mol. The zero-order chi connectivity index (χ0) is 21.7. The molecule has 1 atom stereocenters. The molecule has 168 valence electrons. The van der Waals surface area contributed by atoms with E-state index in [-0.39, 0.29) is 19.0 Å². The van der Waals surface area contributed by atoms with E-state index in [1.54, 1.807) is 12.1 Å². The Hall–Kier alpha value is -1.99. The highest BCUT2D eigenvalue weighted by molar-refractivity contribution is 5.23. The summed E-state index contributed by atoms with van der Waals surface area (Å²) in [6.45, 7) is 2.12. The van der Waals surface area contributed by atoms with E-state index >= 15 is 0 Å². The van der Waals surface area contributed by atoms with Gasteiger partial charge in [0.15, 0.2) is 0 Å². The van der Waals surface area contributed by atoms with Crippen LogP contribution in [-0.2, 0) is 4.74 Å². The van der Waals surface area contributed by atoms with Crippen molar-refractivity contribution in [3.63, 3.8) is 0 Å². The Balaban J connectivity index is 1.33. The van der Waals surface area contributed by atoms with E-state index in [1.165, 1.54) is 17.7 Å². The number of ether oxygens (including phenoxy) is 2. The largest absolute Gasteiger partial charge is 0.490 e. The van der Waals surface area contributed by atoms with Gasteiger partial charge < -0.3 is 19.7 Å². The maximum Gasteiger partial charge on any atom is 0.134 e. The van der Waals surface area contributed by atoms with Crippen LogP contribution in [0.1, 0.15) is 37.2 Å². The third-order valence-electron chi connectivity index (χ3n) is 6.45. The van der Waals surface area contributed by atoms with Crippen molar-refractivity contribution in [3.8, 4) is 5.75 Å². The van der Waals surface area contributed by atoms with Crippen LogP contribution in [0, 0.1) is 5.82 Å². The standard InChI is InChI=1S/C25H32FNO4/c26-22-7-4-8-23(15-22)31-19-25(29)17-27(13-14-30-18-25)16-24(28)11-9-21(10-12-24)20-5-2-1-3-6-20/h1-8,15,21,28-29H,9-14,16-19H2/t21?,24?,25-/m0/s1. The number of rotatable bonds is 6. The molecular formula is C25H32FNO4. The Morgan fingerprint density at radius 1 is 1.03 bits per heavy atom. The summed E-state index contributed by atoms with van der Waals surface area (Å²) < 4.78 is 24.7. The Labute approximate surface area is 183 Å². The number of nitrogens with zero attached hydrogens (tertiary/aromatic N) is 1. The molecule has 1 heterocycles. The predicted molar refractivity (Wildman–Crippen MR) is 117 cm³/mol. The topological polar surface area (TPSA) is 62.2 Å². The zero-order valence-electron chi connectivity index (χ0n) is 17.9. The summed E-state index contributed by atoms with van der Waals surface area (Å²) >= 11 is 0. The molecule has 0 bridgehead atoms. The molecule has 0 radical (unpaired) electrons. The van der Waals surface area contributed by atoms with E-state index in [9.17, 15) is 14.6 Å². The van der Waals surface area contributed by atoms with Gasteiger partial charge >= 0.3 is 0 Å². The Kier molecular flexibility index (Phi) is 6.92. The van der Waals surface area contributed by atoms with Gasteiger partial charge in [0, 0.05) is 25.7 Å². The summed E-state index contributed by atoms with van der Waals surface area (Å²) in [4.78, 5) is 2.07. The molecule has 2 fully saturated rings. The normalized spacial score (nSPS) is 30.0. The minimum Gasteiger partial charge on any atom is -0.490 e. The Bertz CT molecular complexity index is 840. The lowest BCUT2D eigenvalue weighted by molar-refractivity contribution is -0.0766. The van der Waals surface area contributed by atoms with Gasteiger partial charge in [-0.3, -0.25) is 4.90 Å². The van der Waals surface area contributed by atoms with Crippen LogP contribution in [0.2, 0.25) is 0 Å². The molecule has 1 saturated heterocycles. The quantitative estimate of drug-likeness (QED) is 0.737. The molecule has 0 aromatic heterocycles. The van der Waals surface area contributed by atoms with E-state index in [0.717, 1.165) is 25.7 Å². The molecule has 2 aromatic rings. The van der Waals surface area contributed by atoms with Crippen molar-refractivity contribution in [1.82, 2.24) is 4.90 Å². The van der Waals surface area contributed by atoms with Gasteiger partial charge in [-0.15, -0.1) is 0 Å². The summed E-state index contributed by atoms with van der Waals surface area (Å²) in [6, 6.07) is 16.4. The summed E-state index contributed by atoms with van der Waals surface area (Å²) in [5, 5.41) is 22.3. The molecule has 0 unspecified atom stereocenters. The van der Waals surface area contributed by atoms with Crippen molar-refractivity contribution >= 4 is 0 Å². The van der Waals surface area contributed by atoms with Crippen molar-refractivity contribution in [2.75, 3.05) is 39.5 Å². The maximum atomic E-state index is 13.4. The maximum absolute atomic E-state index is 13.4. The van der Waals surface area contributed by atoms with Crippen LogP contribution in [0.15, 0.2) is 54.6 Å². The summed E-state index contributed by atoms with van der Waals surface area (Å²) in [5.74, 6) is 0.490. The molecule has 5 nitrogen and oxygen atoms in total. The number of halogens is 1. The molecule has 1 aliphatic carbocycles. The van der Waals surface area contributed by atoms with Gasteiger partial charge in [-0.1, -0.05) is 36.4 Å². The van der Waals surface area contributed by atoms with Crippen LogP contribution in [0.4, 0.5) is 4.39 Å². The summed E-state index contributed by atoms with van der Waals surface area (Å²) in [7, 11) is 0. The molecule has 6 heteroatoms. The van der Waals surface area contributed by atoms with Crippen molar-refractivity contribution in [1.29, 1.82) is 0 Å². The third kappa shape index (κ3) is 6.04. The molecule has 31 heavy (non-hydrogen) atoms. The summed E-state index contributed by atoms with van der Waals surface area (Å²) in [5.41, 5.74) is -0.642. The number of hydrogen-bond donors (Lipinski definition) is 2.